The zero-order chi connectivity index (χ0) is 18.5. The lowest BCUT2D eigenvalue weighted by Crippen LogP contribution is -2.43. The highest BCUT2D eigenvalue weighted by atomic mass is 16.6. The third-order valence-electron chi connectivity index (χ3n) is 4.93. The van der Waals surface area contributed by atoms with Crippen molar-refractivity contribution in [1.82, 2.24) is 10.3 Å². The molecule has 0 spiro atoms. The third kappa shape index (κ3) is 3.76. The number of piperidine rings is 1. The number of anilines is 1. The van der Waals surface area contributed by atoms with Gasteiger partial charge in [-0.25, -0.2) is 0 Å². The molecule has 26 heavy (non-hydrogen) atoms. The van der Waals surface area contributed by atoms with E-state index in [0.29, 0.717) is 11.9 Å². The molecule has 1 atom stereocenters. The first-order valence-corrected chi connectivity index (χ1v) is 9.15. The van der Waals surface area contributed by atoms with E-state index in [4.69, 9.17) is 0 Å². The average Bonchev–Trinajstić information content (AvgIpc) is 2.67. The molecule has 1 fully saturated rings. The predicted octanol–water partition coefficient (Wildman–Crippen LogP) is 3.28. The Morgan fingerprint density at radius 2 is 2.23 bits per heavy atom. The van der Waals surface area contributed by atoms with Gasteiger partial charge >= 0.3 is 0 Å². The molecule has 1 aliphatic heterocycles. The number of pyridine rings is 1. The van der Waals surface area contributed by atoms with Crippen LogP contribution in [0.3, 0.4) is 0 Å². The molecule has 2 aromatic rings. The molecule has 1 aromatic carbocycles. The Morgan fingerprint density at radius 1 is 1.38 bits per heavy atom. The van der Waals surface area contributed by atoms with Crippen molar-refractivity contribution in [3.05, 3.63) is 40.7 Å². The second-order valence-corrected chi connectivity index (χ2v) is 6.71. The molecule has 1 aromatic heterocycles. The number of amides is 1. The van der Waals surface area contributed by atoms with Crippen molar-refractivity contribution in [3.8, 4) is 0 Å². The summed E-state index contributed by atoms with van der Waals surface area (Å²) >= 11 is 0. The average molecular weight is 356 g/mol. The summed E-state index contributed by atoms with van der Waals surface area (Å²) in [5, 5.41) is 15.6. The quantitative estimate of drug-likeness (QED) is 0.487. The third-order valence-corrected chi connectivity index (χ3v) is 4.93. The molecule has 0 bridgehead atoms. The van der Waals surface area contributed by atoms with E-state index in [-0.39, 0.29) is 22.4 Å². The molecule has 1 amide bonds. The minimum absolute atomic E-state index is 0.0484. The van der Waals surface area contributed by atoms with Crippen LogP contribution in [0.15, 0.2) is 30.6 Å². The van der Waals surface area contributed by atoms with E-state index in [9.17, 15) is 14.9 Å². The fraction of sp³-hybridized carbons (Fsp3) is 0.474. The van der Waals surface area contributed by atoms with Gasteiger partial charge in [-0.15, -0.1) is 0 Å². The van der Waals surface area contributed by atoms with Crippen LogP contribution in [0.2, 0.25) is 0 Å². The topological polar surface area (TPSA) is 88.4 Å². The number of fused-ring (bicyclic) bond motifs is 1. The van der Waals surface area contributed by atoms with Gasteiger partial charge in [0.25, 0.3) is 5.69 Å². The second-order valence-electron chi connectivity index (χ2n) is 6.71. The summed E-state index contributed by atoms with van der Waals surface area (Å²) in [6.07, 6.45) is 7.03. The number of nitrogens with zero attached hydrogens (tertiary/aromatic N) is 3. The van der Waals surface area contributed by atoms with Crippen LogP contribution in [0.25, 0.3) is 10.8 Å². The highest BCUT2D eigenvalue weighted by Crippen LogP contribution is 2.34. The summed E-state index contributed by atoms with van der Waals surface area (Å²) < 4.78 is 0. The summed E-state index contributed by atoms with van der Waals surface area (Å²) in [7, 11) is 0. The van der Waals surface area contributed by atoms with Crippen LogP contribution >= 0.6 is 0 Å². The lowest BCUT2D eigenvalue weighted by molar-refractivity contribution is -0.383. The Balaban J connectivity index is 1.84. The molecule has 1 saturated heterocycles. The number of carbonyl (C=O) groups is 1. The zero-order valence-electron chi connectivity index (χ0n) is 15.0. The van der Waals surface area contributed by atoms with Crippen molar-refractivity contribution in [3.63, 3.8) is 0 Å². The van der Waals surface area contributed by atoms with Crippen LogP contribution in [0.5, 0.6) is 0 Å². The first kappa shape index (κ1) is 18.1. The number of hydrogen-bond acceptors (Lipinski definition) is 5. The largest absolute Gasteiger partial charge is 0.370 e. The van der Waals surface area contributed by atoms with E-state index in [1.54, 1.807) is 12.3 Å². The lowest BCUT2D eigenvalue weighted by atomic mass is 9.95. The number of nitro benzene ring substituents is 1. The summed E-state index contributed by atoms with van der Waals surface area (Å²) in [5.74, 6) is 0.0590. The van der Waals surface area contributed by atoms with Gasteiger partial charge in [0.2, 0.25) is 5.91 Å². The molecule has 7 heteroatoms. The fourth-order valence-electron chi connectivity index (χ4n) is 3.54. The number of nitro groups is 1. The monoisotopic (exact) mass is 356 g/mol. The lowest BCUT2D eigenvalue weighted by Gasteiger charge is -2.34. The molecule has 0 aliphatic carbocycles. The maximum atomic E-state index is 12.4. The molecule has 3 rings (SSSR count). The molecule has 1 N–H and O–H groups in total. The van der Waals surface area contributed by atoms with Crippen LogP contribution in [-0.2, 0) is 4.79 Å². The molecule has 1 unspecified atom stereocenters. The summed E-state index contributed by atoms with van der Waals surface area (Å²) in [6, 6.07) is 5.13. The molecule has 2 heterocycles. The fourth-order valence-corrected chi connectivity index (χ4v) is 3.54. The standard InChI is InChI=1S/C19H24N4O3/c1-2-3-9-21-19(24)14-5-4-11-22(13-14)17-6-7-18(23(25)26)16-12-20-10-8-15(16)17/h6-8,10,12,14H,2-5,9,11,13H2,1H3,(H,21,24). The Labute approximate surface area is 152 Å². The summed E-state index contributed by atoms with van der Waals surface area (Å²) in [4.78, 5) is 29.5. The van der Waals surface area contributed by atoms with Crippen molar-refractivity contribution in [1.29, 1.82) is 0 Å². The highest BCUT2D eigenvalue weighted by molar-refractivity contribution is 5.99. The van der Waals surface area contributed by atoms with E-state index in [1.807, 2.05) is 6.07 Å². The number of rotatable bonds is 6. The minimum Gasteiger partial charge on any atom is -0.370 e. The van der Waals surface area contributed by atoms with Gasteiger partial charge in [-0.2, -0.15) is 0 Å². The first-order valence-electron chi connectivity index (χ1n) is 9.15. The van der Waals surface area contributed by atoms with Gasteiger partial charge in [-0.3, -0.25) is 19.9 Å². The van der Waals surface area contributed by atoms with Crippen LogP contribution in [0.4, 0.5) is 11.4 Å². The molecular formula is C19H24N4O3. The van der Waals surface area contributed by atoms with Crippen LogP contribution < -0.4 is 10.2 Å². The van der Waals surface area contributed by atoms with E-state index in [2.05, 4.69) is 22.1 Å². The summed E-state index contributed by atoms with van der Waals surface area (Å²) in [6.45, 7) is 4.29. The number of nitrogens with one attached hydrogen (secondary N) is 1. The van der Waals surface area contributed by atoms with Crippen molar-refractivity contribution in [2.45, 2.75) is 32.6 Å². The second kappa shape index (κ2) is 8.12. The first-order chi connectivity index (χ1) is 12.6. The van der Waals surface area contributed by atoms with Crippen LogP contribution in [0.1, 0.15) is 32.6 Å². The number of benzene rings is 1. The highest BCUT2D eigenvalue weighted by Gasteiger charge is 2.27. The number of non-ortho nitro benzene ring substituents is 1. The van der Waals surface area contributed by atoms with Crippen LogP contribution in [0, 0.1) is 16.0 Å². The van der Waals surface area contributed by atoms with Crippen molar-refractivity contribution >= 4 is 28.1 Å². The molecule has 0 radical (unpaired) electrons. The van der Waals surface area contributed by atoms with E-state index >= 15 is 0 Å². The SMILES string of the molecule is CCCCNC(=O)C1CCCN(c2ccc([N+](=O)[O-])c3cnccc23)C1. The number of hydrogen-bond donors (Lipinski definition) is 1. The smallest absolute Gasteiger partial charge is 0.278 e. The van der Waals surface area contributed by atoms with Crippen molar-refractivity contribution < 1.29 is 9.72 Å². The van der Waals surface area contributed by atoms with Gasteiger partial charge in [0, 0.05) is 49.2 Å². The normalized spacial score (nSPS) is 17.3. The molecular weight excluding hydrogens is 332 g/mol. The van der Waals surface area contributed by atoms with Gasteiger partial charge in [0.1, 0.15) is 0 Å². The van der Waals surface area contributed by atoms with Crippen molar-refractivity contribution in [2.24, 2.45) is 5.92 Å². The molecule has 138 valence electrons. The zero-order valence-corrected chi connectivity index (χ0v) is 15.0. The van der Waals surface area contributed by atoms with E-state index < -0.39 is 0 Å². The Bertz CT molecular complexity index is 808. The predicted molar refractivity (Wildman–Crippen MR) is 101 cm³/mol. The number of aromatic nitrogens is 1. The van der Waals surface area contributed by atoms with E-state index in [1.165, 1.54) is 12.3 Å². The summed E-state index contributed by atoms with van der Waals surface area (Å²) in [5.41, 5.74) is 0.988. The van der Waals surface area contributed by atoms with E-state index in [0.717, 1.165) is 49.8 Å². The number of carbonyl (C=O) groups excluding carboxylic acids is 1. The Kier molecular flexibility index (Phi) is 5.65. The Morgan fingerprint density at radius 3 is 3.00 bits per heavy atom. The van der Waals surface area contributed by atoms with Gasteiger partial charge in [-0.1, -0.05) is 13.3 Å². The van der Waals surface area contributed by atoms with Crippen LogP contribution in [-0.4, -0.2) is 35.4 Å². The van der Waals surface area contributed by atoms with Gasteiger partial charge in [-0.05, 0) is 31.4 Å². The maximum Gasteiger partial charge on any atom is 0.278 e. The van der Waals surface area contributed by atoms with Gasteiger partial charge in [0.15, 0.2) is 0 Å². The molecule has 1 aliphatic rings. The minimum atomic E-state index is -0.381. The number of unbranched alkanes of at least 4 members (excludes halogenated alkanes) is 1. The maximum absolute atomic E-state index is 12.4. The Hall–Kier alpha value is -2.70. The molecule has 0 saturated carbocycles. The molecule has 7 nitrogen and oxygen atoms in total. The van der Waals surface area contributed by atoms with Crippen molar-refractivity contribution in [2.75, 3.05) is 24.5 Å². The van der Waals surface area contributed by atoms with Gasteiger partial charge < -0.3 is 10.2 Å². The van der Waals surface area contributed by atoms with Gasteiger partial charge in [0.05, 0.1) is 16.2 Å².